The second-order valence-electron chi connectivity index (χ2n) is 4.27. The summed E-state index contributed by atoms with van der Waals surface area (Å²) in [5.74, 6) is -0.885. The van der Waals surface area contributed by atoms with Crippen molar-refractivity contribution < 1.29 is 9.18 Å². The number of carbonyl (C=O) groups excluding carboxylic acids is 1. The third-order valence-electron chi connectivity index (χ3n) is 2.65. The highest BCUT2D eigenvalue weighted by Gasteiger charge is 2.24. The van der Waals surface area contributed by atoms with E-state index in [1.807, 2.05) is 6.07 Å². The number of hydrogen-bond donors (Lipinski definition) is 1. The van der Waals surface area contributed by atoms with Crippen LogP contribution in [0.25, 0.3) is 0 Å². The first kappa shape index (κ1) is 13.2. The quantitative estimate of drug-likeness (QED) is 0.873. The van der Waals surface area contributed by atoms with Crippen LogP contribution in [-0.4, -0.2) is 11.4 Å². The van der Waals surface area contributed by atoms with Crippen LogP contribution in [0.3, 0.4) is 0 Å². The molecule has 1 aromatic rings. The minimum atomic E-state index is -0.919. The standard InChI is InChI=1S/C13H15FN2O/c1-4-13(3,8-15)16-12(17)10-5-9(2)6-11(14)7-10/h5-7H,4H2,1-3H3,(H,16,17). The Bertz CT molecular complexity index is 459. The molecule has 1 rings (SSSR count). The molecule has 0 aromatic heterocycles. The number of nitrogens with zero attached hydrogens (tertiary/aromatic N) is 1. The van der Waals surface area contributed by atoms with Crippen molar-refractivity contribution >= 4 is 5.91 Å². The number of aryl methyl sites for hydroxylation is 1. The molecule has 1 aromatic carbocycles. The van der Waals surface area contributed by atoms with Crippen molar-refractivity contribution in [2.75, 3.05) is 0 Å². The maximum Gasteiger partial charge on any atom is 0.252 e. The van der Waals surface area contributed by atoms with Crippen molar-refractivity contribution in [3.8, 4) is 6.07 Å². The van der Waals surface area contributed by atoms with Gasteiger partial charge >= 0.3 is 0 Å². The molecule has 1 atom stereocenters. The van der Waals surface area contributed by atoms with Crippen molar-refractivity contribution in [3.63, 3.8) is 0 Å². The Morgan fingerprint density at radius 2 is 2.18 bits per heavy atom. The lowest BCUT2D eigenvalue weighted by Crippen LogP contribution is -2.44. The van der Waals surface area contributed by atoms with E-state index in [1.54, 1.807) is 26.8 Å². The van der Waals surface area contributed by atoms with Crippen LogP contribution in [0, 0.1) is 24.1 Å². The van der Waals surface area contributed by atoms with Crippen molar-refractivity contribution in [2.45, 2.75) is 32.7 Å². The number of halogens is 1. The van der Waals surface area contributed by atoms with Crippen molar-refractivity contribution in [1.29, 1.82) is 5.26 Å². The van der Waals surface area contributed by atoms with Gasteiger partial charge in [0.2, 0.25) is 0 Å². The van der Waals surface area contributed by atoms with Crippen LogP contribution in [0.1, 0.15) is 36.2 Å². The van der Waals surface area contributed by atoms with E-state index in [9.17, 15) is 9.18 Å². The third-order valence-corrected chi connectivity index (χ3v) is 2.65. The zero-order valence-electron chi connectivity index (χ0n) is 10.2. The summed E-state index contributed by atoms with van der Waals surface area (Å²) in [4.78, 5) is 11.9. The highest BCUT2D eigenvalue weighted by Crippen LogP contribution is 2.12. The van der Waals surface area contributed by atoms with E-state index in [2.05, 4.69) is 5.32 Å². The summed E-state index contributed by atoms with van der Waals surface area (Å²) in [7, 11) is 0. The van der Waals surface area contributed by atoms with E-state index in [0.29, 0.717) is 12.0 Å². The van der Waals surface area contributed by atoms with Crippen LogP contribution in [0.2, 0.25) is 0 Å². The molecule has 0 bridgehead atoms. The Balaban J connectivity index is 2.95. The maximum absolute atomic E-state index is 13.1. The molecule has 0 aliphatic heterocycles. The second kappa shape index (κ2) is 4.96. The summed E-state index contributed by atoms with van der Waals surface area (Å²) in [6.07, 6.45) is 0.490. The van der Waals surface area contributed by atoms with Gasteiger partial charge in [0.15, 0.2) is 0 Å². The molecule has 0 fully saturated rings. The van der Waals surface area contributed by atoms with Crippen LogP contribution in [-0.2, 0) is 0 Å². The normalized spacial score (nSPS) is 13.6. The van der Waals surface area contributed by atoms with Crippen LogP contribution in [0.5, 0.6) is 0 Å². The fraction of sp³-hybridized carbons (Fsp3) is 0.385. The molecule has 0 spiro atoms. The van der Waals surface area contributed by atoms with Crippen LogP contribution in [0.15, 0.2) is 18.2 Å². The van der Waals surface area contributed by atoms with Gasteiger partial charge in [0.25, 0.3) is 5.91 Å². The Hall–Kier alpha value is -1.89. The third kappa shape index (κ3) is 3.28. The molecule has 17 heavy (non-hydrogen) atoms. The molecular weight excluding hydrogens is 219 g/mol. The van der Waals surface area contributed by atoms with Crippen LogP contribution < -0.4 is 5.32 Å². The number of hydrogen-bond acceptors (Lipinski definition) is 2. The predicted molar refractivity (Wildman–Crippen MR) is 62.9 cm³/mol. The van der Waals surface area contributed by atoms with E-state index >= 15 is 0 Å². The summed E-state index contributed by atoms with van der Waals surface area (Å²) in [5.41, 5.74) is -0.0140. The average Bonchev–Trinajstić information content (AvgIpc) is 2.27. The van der Waals surface area contributed by atoms with E-state index in [4.69, 9.17) is 5.26 Å². The molecule has 0 saturated carbocycles. The van der Waals surface area contributed by atoms with Gasteiger partial charge in [-0.25, -0.2) is 4.39 Å². The van der Waals surface area contributed by atoms with Gasteiger partial charge in [-0.3, -0.25) is 4.79 Å². The Kier molecular flexibility index (Phi) is 3.84. The first-order chi connectivity index (χ1) is 7.90. The largest absolute Gasteiger partial charge is 0.334 e. The highest BCUT2D eigenvalue weighted by atomic mass is 19.1. The van der Waals surface area contributed by atoms with Crippen LogP contribution >= 0.6 is 0 Å². The molecular formula is C13H15FN2O. The predicted octanol–water partition coefficient (Wildman–Crippen LogP) is 2.56. The van der Waals surface area contributed by atoms with E-state index in [0.717, 1.165) is 6.07 Å². The van der Waals surface area contributed by atoms with Gasteiger partial charge in [0.05, 0.1) is 6.07 Å². The van der Waals surface area contributed by atoms with Crippen molar-refractivity contribution in [3.05, 3.63) is 35.1 Å². The number of carbonyl (C=O) groups is 1. The van der Waals surface area contributed by atoms with Gasteiger partial charge in [-0.1, -0.05) is 6.92 Å². The summed E-state index contributed by atoms with van der Waals surface area (Å²) in [5, 5.41) is 11.5. The molecule has 1 N–H and O–H groups in total. The summed E-state index contributed by atoms with van der Waals surface area (Å²) in [6, 6.07) is 6.13. The number of nitrogens with one attached hydrogen (secondary N) is 1. The number of amides is 1. The summed E-state index contributed by atoms with van der Waals surface area (Å²) in [6.45, 7) is 5.15. The molecule has 4 heteroatoms. The summed E-state index contributed by atoms with van der Waals surface area (Å²) >= 11 is 0. The summed E-state index contributed by atoms with van der Waals surface area (Å²) < 4.78 is 13.1. The van der Waals surface area contributed by atoms with Gasteiger partial charge < -0.3 is 5.32 Å². The van der Waals surface area contributed by atoms with Crippen molar-refractivity contribution in [1.82, 2.24) is 5.32 Å². The maximum atomic E-state index is 13.1. The molecule has 1 amide bonds. The Morgan fingerprint density at radius 1 is 1.53 bits per heavy atom. The number of nitriles is 1. The number of rotatable bonds is 3. The van der Waals surface area contributed by atoms with E-state index < -0.39 is 17.3 Å². The van der Waals surface area contributed by atoms with E-state index in [1.165, 1.54) is 6.07 Å². The van der Waals surface area contributed by atoms with Crippen molar-refractivity contribution in [2.24, 2.45) is 0 Å². The highest BCUT2D eigenvalue weighted by molar-refractivity contribution is 5.95. The minimum absolute atomic E-state index is 0.234. The van der Waals surface area contributed by atoms with Gasteiger partial charge in [0.1, 0.15) is 11.4 Å². The molecule has 0 heterocycles. The topological polar surface area (TPSA) is 52.9 Å². The molecule has 0 aliphatic carbocycles. The van der Waals surface area contributed by atoms with Gasteiger partial charge in [-0.05, 0) is 44.0 Å². The lowest BCUT2D eigenvalue weighted by atomic mass is 10.00. The second-order valence-corrected chi connectivity index (χ2v) is 4.27. The molecule has 90 valence electrons. The first-order valence-corrected chi connectivity index (χ1v) is 5.41. The first-order valence-electron chi connectivity index (χ1n) is 5.41. The lowest BCUT2D eigenvalue weighted by Gasteiger charge is -2.21. The molecule has 0 saturated heterocycles. The minimum Gasteiger partial charge on any atom is -0.334 e. The monoisotopic (exact) mass is 234 g/mol. The Labute approximate surface area is 100 Å². The fourth-order valence-corrected chi connectivity index (χ4v) is 1.39. The molecule has 0 aliphatic rings. The SMILES string of the molecule is CCC(C)(C#N)NC(=O)c1cc(C)cc(F)c1. The molecule has 1 unspecified atom stereocenters. The molecule has 3 nitrogen and oxygen atoms in total. The number of benzene rings is 1. The van der Waals surface area contributed by atoms with Crippen LogP contribution in [0.4, 0.5) is 4.39 Å². The zero-order chi connectivity index (χ0) is 13.1. The van der Waals surface area contributed by atoms with E-state index in [-0.39, 0.29) is 5.56 Å². The average molecular weight is 234 g/mol. The fourth-order valence-electron chi connectivity index (χ4n) is 1.39. The van der Waals surface area contributed by atoms with Gasteiger partial charge in [-0.2, -0.15) is 5.26 Å². The van der Waals surface area contributed by atoms with Gasteiger partial charge in [0, 0.05) is 5.56 Å². The zero-order valence-corrected chi connectivity index (χ0v) is 10.2. The molecule has 0 radical (unpaired) electrons. The Morgan fingerprint density at radius 3 is 2.65 bits per heavy atom. The smallest absolute Gasteiger partial charge is 0.252 e. The van der Waals surface area contributed by atoms with Gasteiger partial charge in [-0.15, -0.1) is 0 Å². The lowest BCUT2D eigenvalue weighted by molar-refractivity contribution is 0.0922.